The van der Waals surface area contributed by atoms with Crippen LogP contribution < -0.4 is 15.4 Å². The van der Waals surface area contributed by atoms with Crippen LogP contribution in [-0.4, -0.2) is 39.4 Å². The molecule has 1 aromatic rings. The van der Waals surface area contributed by atoms with E-state index in [9.17, 15) is 0 Å². The SMILES string of the molecule is C/C=C/CCNC(=NCc1ccc(C)cc1OCCCOC)NCC. The number of rotatable bonds is 11. The van der Waals surface area contributed by atoms with Crippen molar-refractivity contribution in [1.29, 1.82) is 0 Å². The van der Waals surface area contributed by atoms with Gasteiger partial charge in [-0.1, -0.05) is 24.3 Å². The van der Waals surface area contributed by atoms with Gasteiger partial charge in [-0.25, -0.2) is 4.99 Å². The predicted octanol–water partition coefficient (Wildman–Crippen LogP) is 3.43. The molecule has 0 aromatic heterocycles. The maximum Gasteiger partial charge on any atom is 0.191 e. The third-order valence-corrected chi connectivity index (χ3v) is 3.56. The molecule has 0 heterocycles. The van der Waals surface area contributed by atoms with E-state index in [2.05, 4.69) is 59.8 Å². The molecule has 0 aliphatic carbocycles. The molecule has 0 fully saturated rings. The lowest BCUT2D eigenvalue weighted by atomic mass is 10.1. The average Bonchev–Trinajstić information content (AvgIpc) is 2.61. The molecule has 0 unspecified atom stereocenters. The van der Waals surface area contributed by atoms with Crippen LogP contribution in [0.5, 0.6) is 5.75 Å². The standard InChI is InChI=1S/C20H33N3O2/c1-5-7-8-12-22-20(21-6-2)23-16-18-11-10-17(3)15-19(18)25-14-9-13-24-4/h5,7,10-11,15H,6,8-9,12-14,16H2,1-4H3,(H2,21,22,23)/b7-5+. The molecule has 1 aromatic carbocycles. The Hall–Kier alpha value is -2.01. The zero-order valence-electron chi connectivity index (χ0n) is 16.1. The summed E-state index contributed by atoms with van der Waals surface area (Å²) in [4.78, 5) is 4.68. The Morgan fingerprint density at radius 3 is 2.80 bits per heavy atom. The van der Waals surface area contributed by atoms with Crippen molar-refractivity contribution in [3.8, 4) is 5.75 Å². The maximum atomic E-state index is 5.93. The van der Waals surface area contributed by atoms with Crippen molar-refractivity contribution in [2.24, 2.45) is 4.99 Å². The number of allylic oxidation sites excluding steroid dienone is 1. The molecule has 0 saturated carbocycles. The highest BCUT2D eigenvalue weighted by molar-refractivity contribution is 5.79. The summed E-state index contributed by atoms with van der Waals surface area (Å²) in [5, 5.41) is 6.62. The van der Waals surface area contributed by atoms with Gasteiger partial charge in [0.05, 0.1) is 13.2 Å². The van der Waals surface area contributed by atoms with Crippen molar-refractivity contribution >= 4 is 5.96 Å². The summed E-state index contributed by atoms with van der Waals surface area (Å²) in [6.07, 6.45) is 6.06. The number of hydrogen-bond donors (Lipinski definition) is 2. The summed E-state index contributed by atoms with van der Waals surface area (Å²) in [7, 11) is 1.71. The van der Waals surface area contributed by atoms with Crippen molar-refractivity contribution < 1.29 is 9.47 Å². The number of nitrogens with one attached hydrogen (secondary N) is 2. The van der Waals surface area contributed by atoms with Crippen LogP contribution in [0.4, 0.5) is 0 Å². The van der Waals surface area contributed by atoms with Crippen molar-refractivity contribution in [3.63, 3.8) is 0 Å². The lowest BCUT2D eigenvalue weighted by Gasteiger charge is -2.13. The largest absolute Gasteiger partial charge is 0.493 e. The Kier molecular flexibility index (Phi) is 11.2. The number of nitrogens with zero attached hydrogens (tertiary/aromatic N) is 1. The quantitative estimate of drug-likeness (QED) is 0.279. The van der Waals surface area contributed by atoms with Gasteiger partial charge in [-0.15, -0.1) is 0 Å². The van der Waals surface area contributed by atoms with E-state index in [4.69, 9.17) is 9.47 Å². The second kappa shape index (κ2) is 13.3. The number of aliphatic imine (C=N–C) groups is 1. The first-order valence-corrected chi connectivity index (χ1v) is 9.05. The molecule has 0 spiro atoms. The van der Waals surface area contributed by atoms with Crippen molar-refractivity contribution in [2.75, 3.05) is 33.4 Å². The highest BCUT2D eigenvalue weighted by Gasteiger charge is 2.05. The van der Waals surface area contributed by atoms with Crippen LogP contribution in [0.2, 0.25) is 0 Å². The normalized spacial score (nSPS) is 11.8. The lowest BCUT2D eigenvalue weighted by molar-refractivity contribution is 0.172. The van der Waals surface area contributed by atoms with Gasteiger partial charge in [-0.05, 0) is 38.8 Å². The van der Waals surface area contributed by atoms with E-state index in [1.807, 2.05) is 6.92 Å². The van der Waals surface area contributed by atoms with E-state index in [-0.39, 0.29) is 0 Å². The third-order valence-electron chi connectivity index (χ3n) is 3.56. The van der Waals surface area contributed by atoms with E-state index >= 15 is 0 Å². The minimum Gasteiger partial charge on any atom is -0.493 e. The molecule has 0 aliphatic heterocycles. The Balaban J connectivity index is 2.69. The first kappa shape index (κ1) is 21.0. The number of hydrogen-bond acceptors (Lipinski definition) is 3. The number of guanidine groups is 1. The van der Waals surface area contributed by atoms with Gasteiger partial charge in [0.15, 0.2) is 5.96 Å². The van der Waals surface area contributed by atoms with Gasteiger partial charge in [-0.2, -0.15) is 0 Å². The van der Waals surface area contributed by atoms with Crippen LogP contribution in [-0.2, 0) is 11.3 Å². The van der Waals surface area contributed by atoms with E-state index in [0.29, 0.717) is 19.8 Å². The van der Waals surface area contributed by atoms with Gasteiger partial charge in [-0.3, -0.25) is 0 Å². The van der Waals surface area contributed by atoms with Gasteiger partial charge in [0.1, 0.15) is 5.75 Å². The fourth-order valence-corrected chi connectivity index (χ4v) is 2.26. The maximum absolute atomic E-state index is 5.93. The highest BCUT2D eigenvalue weighted by Crippen LogP contribution is 2.21. The first-order chi connectivity index (χ1) is 12.2. The molecule has 0 saturated heterocycles. The van der Waals surface area contributed by atoms with E-state index < -0.39 is 0 Å². The second-order valence-corrected chi connectivity index (χ2v) is 5.79. The van der Waals surface area contributed by atoms with Gasteiger partial charge < -0.3 is 20.1 Å². The summed E-state index contributed by atoms with van der Waals surface area (Å²) >= 11 is 0. The molecule has 0 amide bonds. The van der Waals surface area contributed by atoms with Crippen molar-refractivity contribution in [1.82, 2.24) is 10.6 Å². The van der Waals surface area contributed by atoms with Crippen molar-refractivity contribution in [2.45, 2.75) is 40.2 Å². The second-order valence-electron chi connectivity index (χ2n) is 5.79. The zero-order valence-corrected chi connectivity index (χ0v) is 16.1. The zero-order chi connectivity index (χ0) is 18.3. The number of aryl methyl sites for hydroxylation is 1. The minimum atomic E-state index is 0.582. The van der Waals surface area contributed by atoms with Crippen LogP contribution >= 0.6 is 0 Å². The van der Waals surface area contributed by atoms with E-state index in [1.54, 1.807) is 7.11 Å². The lowest BCUT2D eigenvalue weighted by Crippen LogP contribution is -2.37. The van der Waals surface area contributed by atoms with Crippen molar-refractivity contribution in [3.05, 3.63) is 41.5 Å². The van der Waals surface area contributed by atoms with Crippen LogP contribution in [0.1, 0.15) is 37.8 Å². The summed E-state index contributed by atoms with van der Waals surface area (Å²) in [6.45, 7) is 9.81. The molecule has 5 nitrogen and oxygen atoms in total. The number of methoxy groups -OCH3 is 1. The molecule has 0 radical (unpaired) electrons. The Bertz CT molecular complexity index is 542. The van der Waals surface area contributed by atoms with Crippen LogP contribution in [0.25, 0.3) is 0 Å². The Morgan fingerprint density at radius 2 is 2.08 bits per heavy atom. The van der Waals surface area contributed by atoms with Gasteiger partial charge in [0.25, 0.3) is 0 Å². The van der Waals surface area contributed by atoms with Crippen LogP contribution in [0.15, 0.2) is 35.3 Å². The summed E-state index contributed by atoms with van der Waals surface area (Å²) in [5.41, 5.74) is 2.28. The van der Waals surface area contributed by atoms with Crippen LogP contribution in [0, 0.1) is 6.92 Å². The van der Waals surface area contributed by atoms with Gasteiger partial charge >= 0.3 is 0 Å². The minimum absolute atomic E-state index is 0.582. The molecule has 25 heavy (non-hydrogen) atoms. The van der Waals surface area contributed by atoms with Gasteiger partial charge in [0.2, 0.25) is 0 Å². The smallest absolute Gasteiger partial charge is 0.191 e. The molecule has 0 bridgehead atoms. The summed E-state index contributed by atoms with van der Waals surface area (Å²) in [5.74, 6) is 1.74. The molecule has 1 rings (SSSR count). The average molecular weight is 348 g/mol. The predicted molar refractivity (Wildman–Crippen MR) is 105 cm³/mol. The van der Waals surface area contributed by atoms with E-state index in [1.165, 1.54) is 5.56 Å². The molecule has 0 atom stereocenters. The Morgan fingerprint density at radius 1 is 1.24 bits per heavy atom. The topological polar surface area (TPSA) is 54.9 Å². The fourth-order valence-electron chi connectivity index (χ4n) is 2.26. The summed E-state index contributed by atoms with van der Waals surface area (Å²) in [6, 6.07) is 6.26. The number of benzene rings is 1. The van der Waals surface area contributed by atoms with E-state index in [0.717, 1.165) is 43.2 Å². The highest BCUT2D eigenvalue weighted by atomic mass is 16.5. The third kappa shape index (κ3) is 9.15. The molecule has 0 aliphatic rings. The molecule has 5 heteroatoms. The van der Waals surface area contributed by atoms with Gasteiger partial charge in [0, 0.05) is 38.8 Å². The first-order valence-electron chi connectivity index (χ1n) is 9.05. The molecule has 2 N–H and O–H groups in total. The van der Waals surface area contributed by atoms with Crippen LogP contribution in [0.3, 0.4) is 0 Å². The fraction of sp³-hybridized carbons (Fsp3) is 0.550. The monoisotopic (exact) mass is 347 g/mol. The number of ether oxygens (including phenoxy) is 2. The summed E-state index contributed by atoms with van der Waals surface area (Å²) < 4.78 is 11.0. The molecule has 140 valence electrons. The molecular weight excluding hydrogens is 314 g/mol. The Labute approximate surface area is 152 Å². The molecular formula is C20H33N3O2.